The quantitative estimate of drug-likeness (QED) is 0.821. The van der Waals surface area contributed by atoms with Crippen LogP contribution in [0.2, 0.25) is 0 Å². The number of benzene rings is 1. The van der Waals surface area contributed by atoms with Gasteiger partial charge in [0.2, 0.25) is 5.91 Å². The molecule has 0 radical (unpaired) electrons. The van der Waals surface area contributed by atoms with Crippen LogP contribution in [0.5, 0.6) is 5.75 Å². The van der Waals surface area contributed by atoms with Gasteiger partial charge in [-0.3, -0.25) is 9.69 Å². The first kappa shape index (κ1) is 19.3. The molecule has 1 aromatic rings. The molecule has 128 valence electrons. The number of carbonyl (C=O) groups is 2. The van der Waals surface area contributed by atoms with E-state index in [-0.39, 0.29) is 29.8 Å². The Morgan fingerprint density at radius 3 is 2.70 bits per heavy atom. The highest BCUT2D eigenvalue weighted by Gasteiger charge is 2.28. The molecule has 23 heavy (non-hydrogen) atoms. The molecule has 0 bridgehead atoms. The average molecular weight is 343 g/mol. The number of carboxylic acid groups (broad SMARTS) is 1. The van der Waals surface area contributed by atoms with Crippen LogP contribution in [-0.4, -0.2) is 47.6 Å². The first-order valence-electron chi connectivity index (χ1n) is 7.47. The fourth-order valence-corrected chi connectivity index (χ4v) is 2.77. The number of ether oxygens (including phenoxy) is 1. The number of nitrogens with zero attached hydrogens (tertiary/aromatic N) is 1. The molecule has 7 heteroatoms. The van der Waals surface area contributed by atoms with Gasteiger partial charge >= 0.3 is 5.97 Å². The smallest absolute Gasteiger partial charge is 0.339 e. The van der Waals surface area contributed by atoms with Crippen LogP contribution in [0.1, 0.15) is 30.1 Å². The second-order valence-corrected chi connectivity index (χ2v) is 5.67. The number of para-hydroxylation sites is 1. The molecule has 2 unspecified atom stereocenters. The third kappa shape index (κ3) is 5.11. The number of carboxylic acids is 1. The first-order valence-corrected chi connectivity index (χ1v) is 7.47. The molecule has 2 rings (SSSR count). The molecule has 0 aliphatic carbocycles. The van der Waals surface area contributed by atoms with E-state index >= 15 is 0 Å². The molecule has 0 saturated carbocycles. The zero-order valence-corrected chi connectivity index (χ0v) is 13.9. The van der Waals surface area contributed by atoms with Crippen LogP contribution in [0.15, 0.2) is 24.3 Å². The second kappa shape index (κ2) is 8.74. The summed E-state index contributed by atoms with van der Waals surface area (Å²) in [7, 11) is 0. The molecule has 3 N–H and O–H groups in total. The lowest BCUT2D eigenvalue weighted by atomic mass is 9.93. The van der Waals surface area contributed by atoms with Crippen molar-refractivity contribution in [1.82, 2.24) is 4.90 Å². The normalized spacial score (nSPS) is 21.3. The highest BCUT2D eigenvalue weighted by molar-refractivity contribution is 5.90. The van der Waals surface area contributed by atoms with Crippen molar-refractivity contribution in [2.24, 2.45) is 11.7 Å². The van der Waals surface area contributed by atoms with E-state index in [9.17, 15) is 9.59 Å². The molecule has 2 atom stereocenters. The number of nitrogens with two attached hydrogens (primary N) is 1. The van der Waals surface area contributed by atoms with Gasteiger partial charge in [-0.15, -0.1) is 12.4 Å². The molecular weight excluding hydrogens is 320 g/mol. The summed E-state index contributed by atoms with van der Waals surface area (Å²) in [6, 6.07) is 6.95. The van der Waals surface area contributed by atoms with E-state index in [1.807, 2.05) is 0 Å². The summed E-state index contributed by atoms with van der Waals surface area (Å²) >= 11 is 0. The maximum atomic E-state index is 11.3. The van der Waals surface area contributed by atoms with E-state index in [0.29, 0.717) is 31.5 Å². The van der Waals surface area contributed by atoms with Gasteiger partial charge in [-0.25, -0.2) is 4.79 Å². The van der Waals surface area contributed by atoms with Crippen molar-refractivity contribution in [2.45, 2.75) is 25.8 Å². The fraction of sp³-hybridized carbons (Fsp3) is 0.500. The van der Waals surface area contributed by atoms with Crippen molar-refractivity contribution < 1.29 is 19.4 Å². The van der Waals surface area contributed by atoms with Gasteiger partial charge in [0.05, 0.1) is 5.92 Å². The minimum absolute atomic E-state index is 0. The van der Waals surface area contributed by atoms with Crippen molar-refractivity contribution >= 4 is 24.3 Å². The van der Waals surface area contributed by atoms with Crippen LogP contribution in [0, 0.1) is 5.92 Å². The van der Waals surface area contributed by atoms with Gasteiger partial charge in [-0.1, -0.05) is 12.1 Å². The Bertz CT molecular complexity index is 553. The summed E-state index contributed by atoms with van der Waals surface area (Å²) in [6.07, 6.45) is 1.76. The van der Waals surface area contributed by atoms with Gasteiger partial charge in [0.1, 0.15) is 17.9 Å². The van der Waals surface area contributed by atoms with Gasteiger partial charge in [-0.05, 0) is 31.9 Å². The van der Waals surface area contributed by atoms with Gasteiger partial charge in [-0.2, -0.15) is 0 Å². The Morgan fingerprint density at radius 2 is 2.04 bits per heavy atom. The van der Waals surface area contributed by atoms with E-state index in [1.54, 1.807) is 18.2 Å². The van der Waals surface area contributed by atoms with Gasteiger partial charge in [0, 0.05) is 19.1 Å². The standard InChI is InChI=1S/C16H22N2O4.ClH/c1-11-6-7-12(15(17)19)10-18(11)8-9-22-14-5-3-2-4-13(14)16(20)21;/h2-5,11-12H,6-10H2,1H3,(H2,17,19)(H,20,21);1H. The van der Waals surface area contributed by atoms with Crippen LogP contribution >= 0.6 is 12.4 Å². The Morgan fingerprint density at radius 1 is 1.35 bits per heavy atom. The highest BCUT2D eigenvalue weighted by atomic mass is 35.5. The number of aromatic carboxylic acids is 1. The van der Waals surface area contributed by atoms with E-state index in [0.717, 1.165) is 12.8 Å². The van der Waals surface area contributed by atoms with Crippen LogP contribution < -0.4 is 10.5 Å². The molecule has 6 nitrogen and oxygen atoms in total. The summed E-state index contributed by atoms with van der Waals surface area (Å²) in [6.45, 7) is 3.77. The summed E-state index contributed by atoms with van der Waals surface area (Å²) < 4.78 is 5.61. The number of hydrogen-bond donors (Lipinski definition) is 2. The largest absolute Gasteiger partial charge is 0.491 e. The van der Waals surface area contributed by atoms with E-state index in [4.69, 9.17) is 15.6 Å². The second-order valence-electron chi connectivity index (χ2n) is 5.67. The summed E-state index contributed by atoms with van der Waals surface area (Å²) in [5, 5.41) is 9.11. The number of primary amides is 1. The number of piperidine rings is 1. The molecule has 1 aromatic carbocycles. The van der Waals surface area contributed by atoms with E-state index in [2.05, 4.69) is 11.8 Å². The number of amides is 1. The lowest BCUT2D eigenvalue weighted by Gasteiger charge is -2.36. The predicted octanol–water partition coefficient (Wildman–Crippen LogP) is 1.77. The minimum Gasteiger partial charge on any atom is -0.491 e. The number of hydrogen-bond acceptors (Lipinski definition) is 4. The van der Waals surface area contributed by atoms with Crippen LogP contribution in [0.25, 0.3) is 0 Å². The molecule has 1 saturated heterocycles. The monoisotopic (exact) mass is 342 g/mol. The Kier molecular flexibility index (Phi) is 7.32. The number of carbonyl (C=O) groups excluding carboxylic acids is 1. The lowest BCUT2D eigenvalue weighted by molar-refractivity contribution is -0.124. The molecule has 0 aromatic heterocycles. The maximum Gasteiger partial charge on any atom is 0.339 e. The van der Waals surface area contributed by atoms with E-state index < -0.39 is 5.97 Å². The van der Waals surface area contributed by atoms with E-state index in [1.165, 1.54) is 6.07 Å². The summed E-state index contributed by atoms with van der Waals surface area (Å²) in [4.78, 5) is 24.6. The van der Waals surface area contributed by atoms with Crippen LogP contribution in [0.3, 0.4) is 0 Å². The number of rotatable bonds is 6. The molecule has 1 amide bonds. The van der Waals surface area contributed by atoms with Gasteiger partial charge < -0.3 is 15.6 Å². The Labute approximate surface area is 142 Å². The predicted molar refractivity (Wildman–Crippen MR) is 89.1 cm³/mol. The lowest BCUT2D eigenvalue weighted by Crippen LogP contribution is -2.47. The maximum absolute atomic E-state index is 11.3. The zero-order valence-electron chi connectivity index (χ0n) is 13.1. The van der Waals surface area contributed by atoms with Gasteiger partial charge in [0.25, 0.3) is 0 Å². The van der Waals surface area contributed by atoms with Crippen LogP contribution in [-0.2, 0) is 4.79 Å². The average Bonchev–Trinajstić information content (AvgIpc) is 2.49. The van der Waals surface area contributed by atoms with Crippen molar-refractivity contribution in [3.8, 4) is 5.75 Å². The molecule has 1 heterocycles. The highest BCUT2D eigenvalue weighted by Crippen LogP contribution is 2.22. The molecule has 1 fully saturated rings. The Hall–Kier alpha value is -1.79. The van der Waals surface area contributed by atoms with Crippen molar-refractivity contribution in [1.29, 1.82) is 0 Å². The summed E-state index contributed by atoms with van der Waals surface area (Å²) in [5.74, 6) is -1.00. The van der Waals surface area contributed by atoms with Gasteiger partial charge in [0.15, 0.2) is 0 Å². The molecule has 1 aliphatic heterocycles. The number of halogens is 1. The van der Waals surface area contributed by atoms with Crippen molar-refractivity contribution in [2.75, 3.05) is 19.7 Å². The van der Waals surface area contributed by atoms with Crippen molar-refractivity contribution in [3.63, 3.8) is 0 Å². The minimum atomic E-state index is -1.00. The third-order valence-electron chi connectivity index (χ3n) is 4.17. The molecule has 1 aliphatic rings. The number of likely N-dealkylation sites (tertiary alicyclic amines) is 1. The van der Waals surface area contributed by atoms with Crippen molar-refractivity contribution in [3.05, 3.63) is 29.8 Å². The topological polar surface area (TPSA) is 92.9 Å². The Balaban J connectivity index is 0.00000264. The molecular formula is C16H23ClN2O4. The SMILES string of the molecule is CC1CCC(C(N)=O)CN1CCOc1ccccc1C(=O)O.Cl. The van der Waals surface area contributed by atoms with Crippen LogP contribution in [0.4, 0.5) is 0 Å². The fourth-order valence-electron chi connectivity index (χ4n) is 2.77. The third-order valence-corrected chi connectivity index (χ3v) is 4.17. The zero-order chi connectivity index (χ0) is 16.1. The first-order chi connectivity index (χ1) is 10.5. The molecule has 0 spiro atoms. The summed E-state index contributed by atoms with van der Waals surface area (Å²) in [5.41, 5.74) is 5.54.